The quantitative estimate of drug-likeness (QED) is 0.828. The largest absolute Gasteiger partial charge is 0.478 e. The zero-order chi connectivity index (χ0) is 15.5. The SMILES string of the molecule is CNC(=O)C1(C)CCN(c2ccccc2/C=C/C(=O)O)C1. The van der Waals surface area contributed by atoms with Gasteiger partial charge in [0.25, 0.3) is 0 Å². The first kappa shape index (κ1) is 15.1. The van der Waals surface area contributed by atoms with Crippen molar-refractivity contribution in [1.82, 2.24) is 5.32 Å². The zero-order valence-corrected chi connectivity index (χ0v) is 12.3. The van der Waals surface area contributed by atoms with E-state index in [0.29, 0.717) is 6.54 Å². The van der Waals surface area contributed by atoms with E-state index in [1.165, 1.54) is 0 Å². The number of benzene rings is 1. The second-order valence-electron chi connectivity index (χ2n) is 5.54. The standard InChI is InChI=1S/C16H20N2O3/c1-16(15(21)17-2)9-10-18(11-16)13-6-4-3-5-12(13)7-8-14(19)20/h3-8H,9-11H2,1-2H3,(H,17,21)(H,19,20)/b8-7+. The fourth-order valence-corrected chi connectivity index (χ4v) is 2.73. The lowest BCUT2D eigenvalue weighted by atomic mass is 9.89. The van der Waals surface area contributed by atoms with Crippen LogP contribution in [0.4, 0.5) is 5.69 Å². The molecule has 5 nitrogen and oxygen atoms in total. The molecular formula is C16H20N2O3. The third-order valence-electron chi connectivity index (χ3n) is 3.93. The Labute approximate surface area is 124 Å². The number of hydrogen-bond donors (Lipinski definition) is 2. The van der Waals surface area contributed by atoms with Gasteiger partial charge in [0.2, 0.25) is 5.91 Å². The molecule has 5 heteroatoms. The maximum absolute atomic E-state index is 12.0. The van der Waals surface area contributed by atoms with Crippen LogP contribution in [0, 0.1) is 5.41 Å². The average molecular weight is 288 g/mol. The molecule has 1 unspecified atom stereocenters. The topological polar surface area (TPSA) is 69.6 Å². The van der Waals surface area contributed by atoms with Crippen molar-refractivity contribution in [2.45, 2.75) is 13.3 Å². The molecule has 1 aliphatic rings. The number of anilines is 1. The second-order valence-corrected chi connectivity index (χ2v) is 5.54. The molecule has 1 amide bonds. The summed E-state index contributed by atoms with van der Waals surface area (Å²) in [6.45, 7) is 3.37. The highest BCUT2D eigenvalue weighted by molar-refractivity contribution is 5.87. The summed E-state index contributed by atoms with van der Waals surface area (Å²) in [4.78, 5) is 24.8. The van der Waals surface area contributed by atoms with E-state index in [1.54, 1.807) is 13.1 Å². The number of nitrogens with one attached hydrogen (secondary N) is 1. The highest BCUT2D eigenvalue weighted by Crippen LogP contribution is 2.35. The molecule has 0 aliphatic carbocycles. The van der Waals surface area contributed by atoms with Gasteiger partial charge in [-0.2, -0.15) is 0 Å². The van der Waals surface area contributed by atoms with Gasteiger partial charge in [-0.25, -0.2) is 4.79 Å². The summed E-state index contributed by atoms with van der Waals surface area (Å²) in [7, 11) is 1.65. The van der Waals surface area contributed by atoms with Crippen LogP contribution in [0.2, 0.25) is 0 Å². The van der Waals surface area contributed by atoms with Crippen LogP contribution in [-0.2, 0) is 9.59 Å². The predicted octanol–water partition coefficient (Wildman–Crippen LogP) is 1.75. The van der Waals surface area contributed by atoms with Crippen molar-refractivity contribution >= 4 is 23.6 Å². The highest BCUT2D eigenvalue weighted by atomic mass is 16.4. The highest BCUT2D eigenvalue weighted by Gasteiger charge is 2.40. The summed E-state index contributed by atoms with van der Waals surface area (Å²) in [5, 5.41) is 11.5. The van der Waals surface area contributed by atoms with Crippen LogP contribution < -0.4 is 10.2 Å². The molecule has 1 fully saturated rings. The molecule has 0 aromatic heterocycles. The minimum Gasteiger partial charge on any atom is -0.478 e. The molecule has 112 valence electrons. The Morgan fingerprint density at radius 3 is 2.76 bits per heavy atom. The van der Waals surface area contributed by atoms with E-state index in [1.807, 2.05) is 31.2 Å². The minimum atomic E-state index is -0.971. The Kier molecular flexibility index (Phi) is 4.31. The van der Waals surface area contributed by atoms with Gasteiger partial charge in [0.05, 0.1) is 5.41 Å². The van der Waals surface area contributed by atoms with E-state index < -0.39 is 11.4 Å². The van der Waals surface area contributed by atoms with Crippen molar-refractivity contribution in [1.29, 1.82) is 0 Å². The van der Waals surface area contributed by atoms with Gasteiger partial charge in [-0.15, -0.1) is 0 Å². The third-order valence-corrected chi connectivity index (χ3v) is 3.93. The Morgan fingerprint density at radius 2 is 2.10 bits per heavy atom. The van der Waals surface area contributed by atoms with Gasteiger partial charge in [0.1, 0.15) is 0 Å². The summed E-state index contributed by atoms with van der Waals surface area (Å²) in [6.07, 6.45) is 3.50. The van der Waals surface area contributed by atoms with Crippen LogP contribution in [-0.4, -0.2) is 37.1 Å². The summed E-state index contributed by atoms with van der Waals surface area (Å²) in [5.74, 6) is -0.926. The normalized spacial score (nSPS) is 21.7. The van der Waals surface area contributed by atoms with E-state index in [4.69, 9.17) is 5.11 Å². The number of rotatable bonds is 4. The van der Waals surface area contributed by atoms with Gasteiger partial charge in [0, 0.05) is 31.9 Å². The number of amides is 1. The molecule has 2 rings (SSSR count). The van der Waals surface area contributed by atoms with Crippen LogP contribution in [0.3, 0.4) is 0 Å². The Hall–Kier alpha value is -2.30. The fraction of sp³-hybridized carbons (Fsp3) is 0.375. The zero-order valence-electron chi connectivity index (χ0n) is 12.3. The van der Waals surface area contributed by atoms with Crippen LogP contribution in [0.25, 0.3) is 6.08 Å². The molecule has 0 bridgehead atoms. The van der Waals surface area contributed by atoms with Crippen molar-refractivity contribution in [3.63, 3.8) is 0 Å². The van der Waals surface area contributed by atoms with Crippen LogP contribution in [0.5, 0.6) is 0 Å². The molecular weight excluding hydrogens is 268 g/mol. The molecule has 1 heterocycles. The number of nitrogens with zero attached hydrogens (tertiary/aromatic N) is 1. The van der Waals surface area contributed by atoms with Crippen molar-refractivity contribution in [2.24, 2.45) is 5.41 Å². The van der Waals surface area contributed by atoms with Crippen molar-refractivity contribution in [3.05, 3.63) is 35.9 Å². The predicted molar refractivity (Wildman–Crippen MR) is 82.1 cm³/mol. The number of para-hydroxylation sites is 1. The lowest BCUT2D eigenvalue weighted by Gasteiger charge is -2.25. The minimum absolute atomic E-state index is 0.0450. The smallest absolute Gasteiger partial charge is 0.328 e. The van der Waals surface area contributed by atoms with E-state index in [-0.39, 0.29) is 5.91 Å². The Morgan fingerprint density at radius 1 is 1.38 bits per heavy atom. The van der Waals surface area contributed by atoms with Gasteiger partial charge in [-0.1, -0.05) is 18.2 Å². The summed E-state index contributed by atoms with van der Waals surface area (Å²) < 4.78 is 0. The second kappa shape index (κ2) is 5.99. The number of aliphatic carboxylic acids is 1. The fourth-order valence-electron chi connectivity index (χ4n) is 2.73. The number of carbonyl (C=O) groups excluding carboxylic acids is 1. The number of carboxylic acids is 1. The average Bonchev–Trinajstić information content (AvgIpc) is 2.88. The van der Waals surface area contributed by atoms with E-state index in [2.05, 4.69) is 10.2 Å². The number of carboxylic acid groups (broad SMARTS) is 1. The van der Waals surface area contributed by atoms with Gasteiger partial charge >= 0.3 is 5.97 Å². The maximum Gasteiger partial charge on any atom is 0.328 e. The molecule has 1 aliphatic heterocycles. The van der Waals surface area contributed by atoms with Crippen molar-refractivity contribution in [3.8, 4) is 0 Å². The Balaban J connectivity index is 2.24. The molecule has 21 heavy (non-hydrogen) atoms. The van der Waals surface area contributed by atoms with E-state index >= 15 is 0 Å². The monoisotopic (exact) mass is 288 g/mol. The number of hydrogen-bond acceptors (Lipinski definition) is 3. The first-order valence-corrected chi connectivity index (χ1v) is 6.93. The molecule has 0 saturated carbocycles. The molecule has 2 N–H and O–H groups in total. The maximum atomic E-state index is 12.0. The van der Waals surface area contributed by atoms with E-state index in [9.17, 15) is 9.59 Å². The molecule has 1 atom stereocenters. The van der Waals surface area contributed by atoms with Crippen LogP contribution in [0.15, 0.2) is 30.3 Å². The summed E-state index contributed by atoms with van der Waals surface area (Å²) in [5.41, 5.74) is 1.40. The van der Waals surface area contributed by atoms with E-state index in [0.717, 1.165) is 30.3 Å². The molecule has 1 aromatic carbocycles. The number of carbonyl (C=O) groups is 2. The summed E-state index contributed by atoms with van der Waals surface area (Å²) in [6, 6.07) is 7.63. The lowest BCUT2D eigenvalue weighted by molar-refractivity contribution is -0.131. The molecule has 0 spiro atoms. The van der Waals surface area contributed by atoms with Gasteiger partial charge < -0.3 is 15.3 Å². The van der Waals surface area contributed by atoms with Crippen molar-refractivity contribution in [2.75, 3.05) is 25.0 Å². The molecule has 1 aromatic rings. The Bertz CT molecular complexity index is 583. The molecule has 0 radical (unpaired) electrons. The lowest BCUT2D eigenvalue weighted by Crippen LogP contribution is -2.39. The van der Waals surface area contributed by atoms with Gasteiger partial charge in [-0.3, -0.25) is 4.79 Å². The van der Waals surface area contributed by atoms with Crippen LogP contribution >= 0.6 is 0 Å². The van der Waals surface area contributed by atoms with Crippen LogP contribution in [0.1, 0.15) is 18.9 Å². The first-order chi connectivity index (χ1) is 9.96. The first-order valence-electron chi connectivity index (χ1n) is 6.93. The van der Waals surface area contributed by atoms with Gasteiger partial charge in [0.15, 0.2) is 0 Å². The summed E-state index contributed by atoms with van der Waals surface area (Å²) >= 11 is 0. The third kappa shape index (κ3) is 3.24. The van der Waals surface area contributed by atoms with Gasteiger partial charge in [-0.05, 0) is 31.1 Å². The van der Waals surface area contributed by atoms with Crippen molar-refractivity contribution < 1.29 is 14.7 Å². The molecule has 1 saturated heterocycles.